The van der Waals surface area contributed by atoms with Gasteiger partial charge < -0.3 is 19.3 Å². The SMILES string of the molecule is CC(C)Oc1ccc(-c2n[nH]c3ccc(N4CC[C@]5(CCN(CCOCN6CCN(c7ccc(-c8ncn(C)n8)cn7)CC6)C5)C4=O)cc23)cn1. The normalized spacial score (nSPS) is 20.1. The fraction of sp³-hybridized carbons (Fsp3) is 0.459. The number of ether oxygens (including phenoxy) is 2. The summed E-state index contributed by atoms with van der Waals surface area (Å²) in [6, 6.07) is 14.0. The molecule has 1 spiro atoms. The van der Waals surface area contributed by atoms with Crippen molar-refractivity contribution in [3.05, 3.63) is 61.2 Å². The molecule has 1 aromatic carbocycles. The van der Waals surface area contributed by atoms with Crippen molar-refractivity contribution in [3.8, 4) is 28.5 Å². The van der Waals surface area contributed by atoms with Gasteiger partial charge in [-0.15, -0.1) is 0 Å². The lowest BCUT2D eigenvalue weighted by Crippen LogP contribution is -2.47. The van der Waals surface area contributed by atoms with Gasteiger partial charge >= 0.3 is 0 Å². The minimum atomic E-state index is -0.332. The Bertz CT molecular complexity index is 1970. The predicted octanol–water partition coefficient (Wildman–Crippen LogP) is 3.83. The number of fused-ring (bicyclic) bond motifs is 1. The minimum Gasteiger partial charge on any atom is -0.475 e. The van der Waals surface area contributed by atoms with Crippen LogP contribution in [0.25, 0.3) is 33.5 Å². The van der Waals surface area contributed by atoms with Gasteiger partial charge in [0.1, 0.15) is 17.8 Å². The van der Waals surface area contributed by atoms with Crippen molar-refractivity contribution < 1.29 is 14.3 Å². The summed E-state index contributed by atoms with van der Waals surface area (Å²) >= 11 is 0. The van der Waals surface area contributed by atoms with Crippen LogP contribution in [0.2, 0.25) is 0 Å². The molecule has 3 fully saturated rings. The molecule has 14 heteroatoms. The quantitative estimate of drug-likeness (QED) is 0.203. The van der Waals surface area contributed by atoms with Crippen LogP contribution in [0.4, 0.5) is 11.5 Å². The van der Waals surface area contributed by atoms with Gasteiger partial charge in [-0.2, -0.15) is 10.2 Å². The number of aromatic amines is 1. The summed E-state index contributed by atoms with van der Waals surface area (Å²) in [6.07, 6.45) is 7.13. The van der Waals surface area contributed by atoms with Crippen LogP contribution < -0.4 is 14.5 Å². The molecule has 1 atom stereocenters. The molecular formula is C37H45N11O3. The number of aromatic nitrogens is 7. The van der Waals surface area contributed by atoms with Gasteiger partial charge in [0.15, 0.2) is 5.82 Å². The van der Waals surface area contributed by atoms with Crippen LogP contribution in [0, 0.1) is 5.41 Å². The van der Waals surface area contributed by atoms with E-state index in [9.17, 15) is 4.79 Å². The van der Waals surface area contributed by atoms with Gasteiger partial charge in [0.25, 0.3) is 0 Å². The number of carbonyl (C=O) groups is 1. The number of aryl methyl sites for hydroxylation is 1. The monoisotopic (exact) mass is 691 g/mol. The molecule has 266 valence electrons. The number of rotatable bonds is 11. The highest BCUT2D eigenvalue weighted by molar-refractivity contribution is 6.03. The van der Waals surface area contributed by atoms with Gasteiger partial charge in [-0.25, -0.2) is 15.0 Å². The van der Waals surface area contributed by atoms with Crippen molar-refractivity contribution in [2.24, 2.45) is 12.5 Å². The molecule has 8 rings (SSSR count). The first-order valence-corrected chi connectivity index (χ1v) is 17.9. The first-order chi connectivity index (χ1) is 24.8. The zero-order chi connectivity index (χ0) is 35.0. The van der Waals surface area contributed by atoms with Crippen molar-refractivity contribution >= 4 is 28.3 Å². The average molecular weight is 692 g/mol. The van der Waals surface area contributed by atoms with Gasteiger partial charge in [-0.3, -0.25) is 24.4 Å². The van der Waals surface area contributed by atoms with E-state index in [2.05, 4.69) is 51.0 Å². The molecule has 1 amide bonds. The predicted molar refractivity (Wildman–Crippen MR) is 194 cm³/mol. The minimum absolute atomic E-state index is 0.0581. The van der Waals surface area contributed by atoms with Crippen LogP contribution in [0.15, 0.2) is 61.2 Å². The average Bonchev–Trinajstić information content (AvgIpc) is 3.94. The highest BCUT2D eigenvalue weighted by Gasteiger charge is 2.50. The molecule has 0 radical (unpaired) electrons. The summed E-state index contributed by atoms with van der Waals surface area (Å²) in [5.41, 5.74) is 4.13. The van der Waals surface area contributed by atoms with E-state index >= 15 is 0 Å². The molecule has 1 N–H and O–H groups in total. The van der Waals surface area contributed by atoms with Crippen molar-refractivity contribution in [2.45, 2.75) is 32.8 Å². The molecule has 0 aliphatic carbocycles. The van der Waals surface area contributed by atoms with Crippen LogP contribution in [0.5, 0.6) is 5.88 Å². The smallest absolute Gasteiger partial charge is 0.234 e. The number of hydrogen-bond donors (Lipinski definition) is 1. The highest BCUT2D eigenvalue weighted by atomic mass is 16.5. The number of likely N-dealkylation sites (tertiary alicyclic amines) is 1. The second-order valence-electron chi connectivity index (χ2n) is 14.2. The summed E-state index contributed by atoms with van der Waals surface area (Å²) in [7, 11) is 1.86. The third kappa shape index (κ3) is 6.90. The number of nitrogens with one attached hydrogen (secondary N) is 1. The van der Waals surface area contributed by atoms with E-state index in [4.69, 9.17) is 9.47 Å². The van der Waals surface area contributed by atoms with Crippen molar-refractivity contribution in [1.29, 1.82) is 0 Å². The van der Waals surface area contributed by atoms with E-state index in [0.717, 1.165) is 104 Å². The number of hydrogen-bond acceptors (Lipinski definition) is 11. The number of benzene rings is 1. The van der Waals surface area contributed by atoms with E-state index in [1.807, 2.05) is 68.4 Å². The molecule has 0 bridgehead atoms. The molecule has 3 aliphatic rings. The topological polar surface area (TPSA) is 134 Å². The zero-order valence-corrected chi connectivity index (χ0v) is 29.5. The summed E-state index contributed by atoms with van der Waals surface area (Å²) in [6.45, 7) is 12.1. The molecule has 0 saturated carbocycles. The first kappa shape index (κ1) is 33.2. The van der Waals surface area contributed by atoms with Gasteiger partial charge in [0, 0.05) is 93.5 Å². The lowest BCUT2D eigenvalue weighted by molar-refractivity contribution is -0.125. The Balaban J connectivity index is 0.802. The third-order valence-electron chi connectivity index (χ3n) is 10.3. The van der Waals surface area contributed by atoms with Crippen molar-refractivity contribution in [2.75, 3.05) is 75.5 Å². The Morgan fingerprint density at radius 1 is 0.902 bits per heavy atom. The lowest BCUT2D eigenvalue weighted by atomic mass is 9.85. The Morgan fingerprint density at radius 2 is 1.73 bits per heavy atom. The Labute approximate surface area is 297 Å². The highest BCUT2D eigenvalue weighted by Crippen LogP contribution is 2.43. The molecule has 7 heterocycles. The number of anilines is 2. The van der Waals surface area contributed by atoms with Crippen LogP contribution in [0.1, 0.15) is 26.7 Å². The van der Waals surface area contributed by atoms with E-state index in [1.165, 1.54) is 0 Å². The molecule has 3 saturated heterocycles. The molecule has 0 unspecified atom stereocenters. The van der Waals surface area contributed by atoms with E-state index in [-0.39, 0.29) is 17.4 Å². The number of pyridine rings is 2. The molecular weight excluding hydrogens is 646 g/mol. The van der Waals surface area contributed by atoms with E-state index < -0.39 is 0 Å². The fourth-order valence-corrected chi connectivity index (χ4v) is 7.49. The van der Waals surface area contributed by atoms with E-state index in [0.29, 0.717) is 25.0 Å². The first-order valence-electron chi connectivity index (χ1n) is 17.9. The molecule has 3 aliphatic heterocycles. The van der Waals surface area contributed by atoms with Crippen molar-refractivity contribution in [3.63, 3.8) is 0 Å². The summed E-state index contributed by atoms with van der Waals surface area (Å²) in [5.74, 6) is 2.47. The molecule has 4 aromatic heterocycles. The maximum atomic E-state index is 14.0. The van der Waals surface area contributed by atoms with Crippen molar-refractivity contribution in [1.82, 2.24) is 44.7 Å². The lowest BCUT2D eigenvalue weighted by Gasteiger charge is -2.35. The Kier molecular flexibility index (Phi) is 9.13. The maximum absolute atomic E-state index is 14.0. The molecule has 5 aromatic rings. The number of amides is 1. The number of H-pyrrole nitrogens is 1. The van der Waals surface area contributed by atoms with Crippen LogP contribution in [-0.4, -0.2) is 122 Å². The summed E-state index contributed by atoms with van der Waals surface area (Å²) < 4.78 is 13.5. The largest absolute Gasteiger partial charge is 0.475 e. The number of carbonyl (C=O) groups excluding carboxylic acids is 1. The Hall–Kier alpha value is -4.92. The third-order valence-corrected chi connectivity index (χ3v) is 10.3. The molecule has 51 heavy (non-hydrogen) atoms. The zero-order valence-electron chi connectivity index (χ0n) is 29.5. The Morgan fingerprint density at radius 3 is 2.47 bits per heavy atom. The number of nitrogens with zero attached hydrogens (tertiary/aromatic N) is 10. The van der Waals surface area contributed by atoms with E-state index in [1.54, 1.807) is 17.2 Å². The van der Waals surface area contributed by atoms with Gasteiger partial charge in [-0.1, -0.05) is 0 Å². The van der Waals surface area contributed by atoms with Gasteiger partial charge in [0.05, 0.1) is 30.4 Å². The standard InChI is InChI=1S/C37H45N11O3/c1-26(2)51-33-9-5-27(21-39-33)34-30-20-29(6-7-31(30)41-42-34)48-13-11-37(36(48)49)10-12-45(23-37)18-19-50-25-46-14-16-47(17-15-46)32-8-4-28(22-38-32)35-40-24-44(3)43-35/h4-9,20-22,24,26H,10-19,23,25H2,1-3H3,(H,41,42)/t37-/m0/s1. The van der Waals surface area contributed by atoms with Gasteiger partial charge in [0.2, 0.25) is 11.8 Å². The van der Waals surface area contributed by atoms with Gasteiger partial charge in [-0.05, 0) is 69.6 Å². The summed E-state index contributed by atoms with van der Waals surface area (Å²) in [5, 5.41) is 13.0. The molecule has 14 nitrogen and oxygen atoms in total. The second kappa shape index (κ2) is 14.0. The maximum Gasteiger partial charge on any atom is 0.234 e. The van der Waals surface area contributed by atoms with Crippen LogP contribution in [-0.2, 0) is 16.6 Å². The van der Waals surface area contributed by atoms with Crippen LogP contribution in [0.3, 0.4) is 0 Å². The number of piperazine rings is 1. The van der Waals surface area contributed by atoms with Crippen LogP contribution >= 0.6 is 0 Å². The summed E-state index contributed by atoms with van der Waals surface area (Å²) in [4.78, 5) is 36.4. The fourth-order valence-electron chi connectivity index (χ4n) is 7.49. The second-order valence-corrected chi connectivity index (χ2v) is 14.2.